The number of amides is 1. The number of hydrogen-bond donors (Lipinski definition) is 5. The number of aromatic amines is 1. The van der Waals surface area contributed by atoms with E-state index in [0.29, 0.717) is 16.9 Å². The Balaban J connectivity index is 0.000000171. The summed E-state index contributed by atoms with van der Waals surface area (Å²) in [6.45, 7) is 4.27. The highest BCUT2D eigenvalue weighted by molar-refractivity contribution is 6.55. The summed E-state index contributed by atoms with van der Waals surface area (Å²) in [7, 11) is 0. The van der Waals surface area contributed by atoms with Crippen LogP contribution in [0.2, 0.25) is 20.1 Å². The van der Waals surface area contributed by atoms with Gasteiger partial charge in [-0.25, -0.2) is 4.99 Å². The van der Waals surface area contributed by atoms with Crippen LogP contribution in [0.15, 0.2) is 108 Å². The highest BCUT2D eigenvalue weighted by Gasteiger charge is 2.34. The first kappa shape index (κ1) is 35.9. The number of halogens is 4. The lowest BCUT2D eigenvalue weighted by Gasteiger charge is -2.10. The molecule has 258 valence electrons. The van der Waals surface area contributed by atoms with Crippen molar-refractivity contribution < 1.29 is 14.7 Å². The molecule has 0 saturated carbocycles. The zero-order valence-corrected chi connectivity index (χ0v) is 30.3. The Bertz CT molecular complexity index is 2430. The zero-order valence-electron chi connectivity index (χ0n) is 27.3. The van der Waals surface area contributed by atoms with Gasteiger partial charge in [0.2, 0.25) is 0 Å². The van der Waals surface area contributed by atoms with Crippen molar-refractivity contribution in [1.82, 2.24) is 10.3 Å². The number of para-hydroxylation sites is 2. The number of amidine groups is 1. The maximum atomic E-state index is 12.1. The Morgan fingerprint density at radius 1 is 0.765 bits per heavy atom. The number of anilines is 2. The van der Waals surface area contributed by atoms with Gasteiger partial charge in [-0.3, -0.25) is 15.1 Å². The molecular formula is C39H31Cl4N5O3. The van der Waals surface area contributed by atoms with Crippen LogP contribution in [0.4, 0.5) is 17.1 Å². The Morgan fingerprint density at radius 3 is 2.16 bits per heavy atom. The number of phenolic OH excluding ortho intramolecular Hbond substituents is 1. The monoisotopic (exact) mass is 757 g/mol. The number of carbonyl (C=O) groups excluding carboxylic acids is 1. The molecule has 1 aliphatic heterocycles. The van der Waals surface area contributed by atoms with Gasteiger partial charge >= 0.3 is 0 Å². The fourth-order valence-electron chi connectivity index (χ4n) is 5.61. The van der Waals surface area contributed by atoms with Crippen LogP contribution in [0.5, 0.6) is 5.75 Å². The molecule has 51 heavy (non-hydrogen) atoms. The lowest BCUT2D eigenvalue weighted by atomic mass is 10.0. The molecule has 1 aromatic heterocycles. The van der Waals surface area contributed by atoms with E-state index in [0.717, 1.165) is 38.4 Å². The number of nitrogens with zero attached hydrogens (tertiary/aromatic N) is 1. The molecule has 1 amide bonds. The minimum absolute atomic E-state index is 0.0379. The van der Waals surface area contributed by atoms with E-state index in [2.05, 4.69) is 45.0 Å². The highest BCUT2D eigenvalue weighted by atomic mass is 35.5. The fraction of sp³-hybridized carbons (Fsp3) is 0.0769. The van der Waals surface area contributed by atoms with Crippen LogP contribution < -0.4 is 16.5 Å². The van der Waals surface area contributed by atoms with Gasteiger partial charge in [-0.1, -0.05) is 109 Å². The predicted octanol–water partition coefficient (Wildman–Crippen LogP) is 11.5. The Morgan fingerprint density at radius 2 is 1.43 bits per heavy atom. The molecule has 1 aliphatic rings. The third kappa shape index (κ3) is 7.28. The van der Waals surface area contributed by atoms with Crippen LogP contribution >= 0.6 is 46.4 Å². The molecule has 0 radical (unpaired) electrons. The predicted molar refractivity (Wildman–Crippen MR) is 212 cm³/mol. The SMILES string of the molecule is CC.Nc1ccc(N=C2NC(=O)c3c(Cl)c(Cl)c(Cl)c(Cl)c32)cc1.Oc1cc2c(ccc3c4ccccc4[nH]c23)cc1CONc1ccccc1. The number of carbonyl (C=O) groups is 1. The summed E-state index contributed by atoms with van der Waals surface area (Å²) in [5.74, 6) is 0.0495. The summed E-state index contributed by atoms with van der Waals surface area (Å²) in [5.41, 5.74) is 14.0. The van der Waals surface area contributed by atoms with Gasteiger partial charge in [0.15, 0.2) is 0 Å². The van der Waals surface area contributed by atoms with Gasteiger partial charge in [0.25, 0.3) is 5.91 Å². The summed E-state index contributed by atoms with van der Waals surface area (Å²) >= 11 is 24.3. The van der Waals surface area contributed by atoms with E-state index in [-0.39, 0.29) is 43.8 Å². The number of nitrogens with two attached hydrogens (primary N) is 1. The van der Waals surface area contributed by atoms with Crippen LogP contribution in [-0.2, 0) is 11.4 Å². The molecule has 7 aromatic rings. The van der Waals surface area contributed by atoms with Gasteiger partial charge in [-0.05, 0) is 60.0 Å². The van der Waals surface area contributed by atoms with E-state index < -0.39 is 5.91 Å². The minimum Gasteiger partial charge on any atom is -0.508 e. The van der Waals surface area contributed by atoms with E-state index in [1.165, 1.54) is 5.39 Å². The maximum Gasteiger partial charge on any atom is 0.259 e. The standard InChI is InChI=1S/C23H18N2O2.C14H7Cl4N3O.C2H6/c26-22-13-20-15(12-16(22)14-27-25-17-6-2-1-3-7-17)10-11-19-18-8-4-5-9-21(18)24-23(19)20;15-9-7-8(10(16)12(18)11(9)17)14(22)21-13(7)20-6-3-1-5(19)2-4-6;1-2/h1-13,24-26H,14H2;1-4H,19H2,(H,20,21,22);1-2H3. The molecule has 0 fully saturated rings. The molecule has 0 saturated heterocycles. The van der Waals surface area contributed by atoms with Crippen LogP contribution in [-0.4, -0.2) is 21.8 Å². The topological polar surface area (TPSA) is 125 Å². The number of aromatic hydroxyl groups is 1. The van der Waals surface area contributed by atoms with Gasteiger partial charge in [0.1, 0.15) is 18.2 Å². The normalized spacial score (nSPS) is 12.7. The Kier molecular flexibility index (Phi) is 10.9. The molecule has 6 aromatic carbocycles. The number of hydrogen-bond acceptors (Lipinski definition) is 6. The number of phenols is 1. The molecule has 8 nitrogen and oxygen atoms in total. The lowest BCUT2D eigenvalue weighted by Crippen LogP contribution is -2.21. The van der Waals surface area contributed by atoms with Gasteiger partial charge in [0, 0.05) is 32.9 Å². The fourth-order valence-corrected chi connectivity index (χ4v) is 6.64. The molecule has 0 aliphatic carbocycles. The summed E-state index contributed by atoms with van der Waals surface area (Å²) in [4.78, 5) is 25.5. The van der Waals surface area contributed by atoms with Gasteiger partial charge in [0.05, 0.1) is 48.1 Å². The van der Waals surface area contributed by atoms with Crippen LogP contribution in [0, 0.1) is 0 Å². The zero-order chi connectivity index (χ0) is 36.2. The van der Waals surface area contributed by atoms with Gasteiger partial charge in [-0.15, -0.1) is 0 Å². The second-order valence-corrected chi connectivity index (χ2v) is 12.6. The van der Waals surface area contributed by atoms with Crippen molar-refractivity contribution in [3.05, 3.63) is 140 Å². The molecule has 0 bridgehead atoms. The van der Waals surface area contributed by atoms with Crippen molar-refractivity contribution >= 4 is 108 Å². The molecule has 2 heterocycles. The Labute approximate surface area is 313 Å². The first-order valence-corrected chi connectivity index (χ1v) is 17.4. The maximum absolute atomic E-state index is 12.1. The first-order chi connectivity index (χ1) is 24.7. The minimum atomic E-state index is -0.435. The quantitative estimate of drug-likeness (QED) is 0.0517. The average molecular weight is 760 g/mol. The summed E-state index contributed by atoms with van der Waals surface area (Å²) in [5, 5.41) is 17.8. The van der Waals surface area contributed by atoms with E-state index in [1.807, 2.05) is 68.4 Å². The van der Waals surface area contributed by atoms with Crippen LogP contribution in [0.1, 0.15) is 35.3 Å². The van der Waals surface area contributed by atoms with Crippen molar-refractivity contribution in [2.45, 2.75) is 20.5 Å². The Hall–Kier alpha value is -4.96. The second kappa shape index (κ2) is 15.5. The number of nitrogens with one attached hydrogen (secondary N) is 3. The largest absolute Gasteiger partial charge is 0.508 e. The third-order valence-corrected chi connectivity index (χ3v) is 9.79. The van der Waals surface area contributed by atoms with Crippen LogP contribution in [0.3, 0.4) is 0 Å². The second-order valence-electron chi connectivity index (χ2n) is 11.1. The average Bonchev–Trinajstić information content (AvgIpc) is 3.70. The molecule has 6 N–H and O–H groups in total. The molecule has 0 spiro atoms. The van der Waals surface area contributed by atoms with E-state index in [9.17, 15) is 9.90 Å². The first-order valence-electron chi connectivity index (χ1n) is 15.9. The number of aliphatic imine (C=N–C) groups is 1. The molecule has 8 rings (SSSR count). The smallest absolute Gasteiger partial charge is 0.259 e. The van der Waals surface area contributed by atoms with Gasteiger partial charge in [-0.2, -0.15) is 0 Å². The lowest BCUT2D eigenvalue weighted by molar-refractivity contribution is 0.0983. The van der Waals surface area contributed by atoms with Crippen molar-refractivity contribution in [3.8, 4) is 5.75 Å². The molecular weight excluding hydrogens is 728 g/mol. The molecule has 0 unspecified atom stereocenters. The number of nitrogen functional groups attached to an aromatic ring is 1. The molecule has 0 atom stereocenters. The van der Waals surface area contributed by atoms with Crippen molar-refractivity contribution in [2.24, 2.45) is 4.99 Å². The molecule has 12 heteroatoms. The number of aromatic nitrogens is 1. The summed E-state index contributed by atoms with van der Waals surface area (Å²) < 4.78 is 0. The van der Waals surface area contributed by atoms with Crippen molar-refractivity contribution in [1.29, 1.82) is 0 Å². The van der Waals surface area contributed by atoms with Crippen LogP contribution in [0.25, 0.3) is 32.6 Å². The summed E-state index contributed by atoms with van der Waals surface area (Å²) in [6.07, 6.45) is 0. The van der Waals surface area contributed by atoms with Crippen molar-refractivity contribution in [2.75, 3.05) is 11.2 Å². The van der Waals surface area contributed by atoms with E-state index in [1.54, 1.807) is 24.3 Å². The van der Waals surface area contributed by atoms with Gasteiger partial charge < -0.3 is 21.1 Å². The number of fused-ring (bicyclic) bond motifs is 6. The number of H-pyrrole nitrogens is 1. The number of benzene rings is 6. The summed E-state index contributed by atoms with van der Waals surface area (Å²) in [6, 6.07) is 32.7. The number of rotatable bonds is 5. The van der Waals surface area contributed by atoms with Crippen molar-refractivity contribution in [3.63, 3.8) is 0 Å². The third-order valence-electron chi connectivity index (χ3n) is 7.98. The highest BCUT2D eigenvalue weighted by Crippen LogP contribution is 2.43. The van der Waals surface area contributed by atoms with E-state index >= 15 is 0 Å². The van der Waals surface area contributed by atoms with E-state index in [4.69, 9.17) is 57.0 Å².